The van der Waals surface area contributed by atoms with Crippen molar-refractivity contribution in [2.75, 3.05) is 38.6 Å². The fourth-order valence-electron chi connectivity index (χ4n) is 3.06. The average molecular weight is 350 g/mol. The highest BCUT2D eigenvalue weighted by Gasteiger charge is 2.27. The van der Waals surface area contributed by atoms with Crippen LogP contribution in [-0.4, -0.2) is 49.1 Å². The quantitative estimate of drug-likeness (QED) is 0.920. The molecule has 3 rings (SSSR count). The van der Waals surface area contributed by atoms with Gasteiger partial charge in [-0.1, -0.05) is 30.3 Å². The first-order valence-corrected chi connectivity index (χ1v) is 8.60. The maximum absolute atomic E-state index is 12.4. The number of anilines is 1. The van der Waals surface area contributed by atoms with E-state index < -0.39 is 0 Å². The SMILES string of the molecule is COc1ccc(C(C#N)N2CCN(C(=O)Nc3ccccc3)CC2)cc1. The number of carbonyl (C=O) groups excluding carboxylic acids is 1. The van der Waals surface area contributed by atoms with Crippen molar-refractivity contribution < 1.29 is 9.53 Å². The lowest BCUT2D eigenvalue weighted by Gasteiger charge is -2.37. The van der Waals surface area contributed by atoms with Gasteiger partial charge in [-0.15, -0.1) is 0 Å². The van der Waals surface area contributed by atoms with Crippen LogP contribution < -0.4 is 10.1 Å². The molecule has 1 atom stereocenters. The molecule has 0 radical (unpaired) electrons. The second-order valence-electron chi connectivity index (χ2n) is 6.12. The number of hydrogen-bond acceptors (Lipinski definition) is 4. The molecule has 1 N–H and O–H groups in total. The second kappa shape index (κ2) is 8.37. The van der Waals surface area contributed by atoms with Crippen LogP contribution in [0.15, 0.2) is 54.6 Å². The number of methoxy groups -OCH3 is 1. The van der Waals surface area contributed by atoms with Crippen molar-refractivity contribution >= 4 is 11.7 Å². The Balaban J connectivity index is 1.58. The summed E-state index contributed by atoms with van der Waals surface area (Å²) < 4.78 is 5.17. The Hall–Kier alpha value is -3.04. The first-order chi connectivity index (χ1) is 12.7. The van der Waals surface area contributed by atoms with Gasteiger partial charge in [0, 0.05) is 31.9 Å². The molecular weight excluding hydrogens is 328 g/mol. The Morgan fingerprint density at radius 1 is 1.08 bits per heavy atom. The molecule has 1 aliphatic heterocycles. The lowest BCUT2D eigenvalue weighted by molar-refractivity contribution is 0.131. The number of nitrogens with zero attached hydrogens (tertiary/aromatic N) is 3. The van der Waals surface area contributed by atoms with Gasteiger partial charge in [0.05, 0.1) is 13.2 Å². The predicted molar refractivity (Wildman–Crippen MR) is 100.0 cm³/mol. The molecule has 0 aliphatic carbocycles. The number of nitriles is 1. The summed E-state index contributed by atoms with van der Waals surface area (Å²) >= 11 is 0. The first-order valence-electron chi connectivity index (χ1n) is 8.60. The Labute approximate surface area is 153 Å². The van der Waals surface area contributed by atoms with E-state index in [-0.39, 0.29) is 12.1 Å². The van der Waals surface area contributed by atoms with Crippen LogP contribution in [0, 0.1) is 11.3 Å². The highest BCUT2D eigenvalue weighted by Crippen LogP contribution is 2.24. The molecule has 2 aromatic carbocycles. The molecule has 6 nitrogen and oxygen atoms in total. The van der Waals surface area contributed by atoms with Gasteiger partial charge < -0.3 is 15.0 Å². The van der Waals surface area contributed by atoms with E-state index in [1.165, 1.54) is 0 Å². The van der Waals surface area contributed by atoms with E-state index in [1.54, 1.807) is 12.0 Å². The molecule has 134 valence electrons. The van der Waals surface area contributed by atoms with Crippen LogP contribution in [0.2, 0.25) is 0 Å². The minimum Gasteiger partial charge on any atom is -0.497 e. The van der Waals surface area contributed by atoms with E-state index >= 15 is 0 Å². The Morgan fingerprint density at radius 2 is 1.73 bits per heavy atom. The molecule has 2 aromatic rings. The topological polar surface area (TPSA) is 68.6 Å². The molecule has 0 bridgehead atoms. The number of ether oxygens (including phenoxy) is 1. The highest BCUT2D eigenvalue weighted by atomic mass is 16.5. The second-order valence-corrected chi connectivity index (χ2v) is 6.12. The molecule has 2 amide bonds. The van der Waals surface area contributed by atoms with Crippen LogP contribution >= 0.6 is 0 Å². The zero-order valence-electron chi connectivity index (χ0n) is 14.8. The number of hydrogen-bond donors (Lipinski definition) is 1. The lowest BCUT2D eigenvalue weighted by atomic mass is 10.1. The number of amides is 2. The third-order valence-corrected chi connectivity index (χ3v) is 4.55. The summed E-state index contributed by atoms with van der Waals surface area (Å²) in [6.07, 6.45) is 0. The third kappa shape index (κ3) is 4.13. The van der Waals surface area contributed by atoms with Crippen LogP contribution in [0.3, 0.4) is 0 Å². The molecule has 0 saturated carbocycles. The van der Waals surface area contributed by atoms with Crippen molar-refractivity contribution in [1.29, 1.82) is 5.26 Å². The molecule has 26 heavy (non-hydrogen) atoms. The molecule has 1 fully saturated rings. The summed E-state index contributed by atoms with van der Waals surface area (Å²) in [5.41, 5.74) is 1.73. The van der Waals surface area contributed by atoms with Gasteiger partial charge >= 0.3 is 6.03 Å². The predicted octanol–water partition coefficient (Wildman–Crippen LogP) is 3.11. The van der Waals surface area contributed by atoms with Gasteiger partial charge in [-0.3, -0.25) is 4.90 Å². The van der Waals surface area contributed by atoms with Crippen molar-refractivity contribution in [3.05, 3.63) is 60.2 Å². The maximum atomic E-state index is 12.4. The molecule has 0 spiro atoms. The Kier molecular flexibility index (Phi) is 5.72. The number of para-hydroxylation sites is 1. The molecule has 1 saturated heterocycles. The fraction of sp³-hybridized carbons (Fsp3) is 0.300. The van der Waals surface area contributed by atoms with E-state index in [2.05, 4.69) is 16.3 Å². The van der Waals surface area contributed by atoms with Crippen molar-refractivity contribution in [2.45, 2.75) is 6.04 Å². The number of rotatable bonds is 4. The zero-order chi connectivity index (χ0) is 18.4. The van der Waals surface area contributed by atoms with E-state index in [4.69, 9.17) is 4.74 Å². The Morgan fingerprint density at radius 3 is 2.31 bits per heavy atom. The fourth-order valence-corrected chi connectivity index (χ4v) is 3.06. The summed E-state index contributed by atoms with van der Waals surface area (Å²) in [5.74, 6) is 0.771. The van der Waals surface area contributed by atoms with E-state index in [1.807, 2.05) is 54.6 Å². The number of carbonyl (C=O) groups is 1. The van der Waals surface area contributed by atoms with Gasteiger partial charge in [-0.2, -0.15) is 5.26 Å². The van der Waals surface area contributed by atoms with Crippen LogP contribution in [-0.2, 0) is 0 Å². The van der Waals surface area contributed by atoms with Crippen LogP contribution in [0.1, 0.15) is 11.6 Å². The molecule has 1 aliphatic rings. The number of nitrogens with one attached hydrogen (secondary N) is 1. The van der Waals surface area contributed by atoms with Crippen LogP contribution in [0.5, 0.6) is 5.75 Å². The van der Waals surface area contributed by atoms with Gasteiger partial charge in [-0.25, -0.2) is 4.79 Å². The smallest absolute Gasteiger partial charge is 0.321 e. The number of benzene rings is 2. The van der Waals surface area contributed by atoms with E-state index in [0.29, 0.717) is 26.2 Å². The van der Waals surface area contributed by atoms with Crippen molar-refractivity contribution in [3.63, 3.8) is 0 Å². The van der Waals surface area contributed by atoms with Gasteiger partial charge in [-0.05, 0) is 29.8 Å². The monoisotopic (exact) mass is 350 g/mol. The summed E-state index contributed by atoms with van der Waals surface area (Å²) in [5, 5.41) is 12.5. The summed E-state index contributed by atoms with van der Waals surface area (Å²) in [7, 11) is 1.62. The van der Waals surface area contributed by atoms with Gasteiger partial charge in [0.25, 0.3) is 0 Å². The molecule has 6 heteroatoms. The largest absolute Gasteiger partial charge is 0.497 e. The van der Waals surface area contributed by atoms with Gasteiger partial charge in [0.2, 0.25) is 0 Å². The van der Waals surface area contributed by atoms with Crippen molar-refractivity contribution in [1.82, 2.24) is 9.80 Å². The third-order valence-electron chi connectivity index (χ3n) is 4.55. The highest BCUT2D eigenvalue weighted by molar-refractivity contribution is 5.89. The average Bonchev–Trinajstić information content (AvgIpc) is 2.70. The molecule has 1 heterocycles. The summed E-state index contributed by atoms with van der Waals surface area (Å²) in [4.78, 5) is 16.3. The van der Waals surface area contributed by atoms with Crippen molar-refractivity contribution in [3.8, 4) is 11.8 Å². The maximum Gasteiger partial charge on any atom is 0.321 e. The standard InChI is InChI=1S/C20H22N4O2/c1-26-18-9-7-16(8-10-18)19(15-21)23-11-13-24(14-12-23)20(25)22-17-5-3-2-4-6-17/h2-10,19H,11-14H2,1H3,(H,22,25). The lowest BCUT2D eigenvalue weighted by Crippen LogP contribution is -2.50. The molecule has 0 aromatic heterocycles. The zero-order valence-corrected chi connectivity index (χ0v) is 14.8. The molecular formula is C20H22N4O2. The number of piperazine rings is 1. The van der Waals surface area contributed by atoms with Gasteiger partial charge in [0.15, 0.2) is 0 Å². The normalized spacial score (nSPS) is 15.8. The summed E-state index contributed by atoms with van der Waals surface area (Å²) in [6, 6.07) is 18.9. The minimum atomic E-state index is -0.319. The number of urea groups is 1. The van der Waals surface area contributed by atoms with Gasteiger partial charge in [0.1, 0.15) is 11.8 Å². The van der Waals surface area contributed by atoms with E-state index in [9.17, 15) is 10.1 Å². The van der Waals surface area contributed by atoms with Crippen LogP contribution in [0.25, 0.3) is 0 Å². The van der Waals surface area contributed by atoms with Crippen molar-refractivity contribution in [2.24, 2.45) is 0 Å². The minimum absolute atomic E-state index is 0.103. The molecule has 1 unspecified atom stereocenters. The summed E-state index contributed by atoms with van der Waals surface area (Å²) in [6.45, 7) is 2.50. The Bertz CT molecular complexity index is 763. The first kappa shape index (κ1) is 17.8. The van der Waals surface area contributed by atoms with E-state index in [0.717, 1.165) is 17.0 Å². The van der Waals surface area contributed by atoms with Crippen LogP contribution in [0.4, 0.5) is 10.5 Å².